The van der Waals surface area contributed by atoms with Gasteiger partial charge in [0.2, 0.25) is 0 Å². The lowest BCUT2D eigenvalue weighted by Crippen LogP contribution is -2.29. The Labute approximate surface area is 176 Å². The first-order valence-corrected chi connectivity index (χ1v) is 10.6. The Balaban J connectivity index is 1.41. The quantitative estimate of drug-likeness (QED) is 0.471. The summed E-state index contributed by atoms with van der Waals surface area (Å²) in [4.78, 5) is 11.9. The predicted octanol–water partition coefficient (Wildman–Crippen LogP) is 5.28. The molecule has 0 amide bonds. The van der Waals surface area contributed by atoms with Crippen molar-refractivity contribution in [3.8, 4) is 5.69 Å². The van der Waals surface area contributed by atoms with Crippen LogP contribution in [0.2, 0.25) is 0 Å². The lowest BCUT2D eigenvalue weighted by Gasteiger charge is -2.28. The van der Waals surface area contributed by atoms with E-state index in [2.05, 4.69) is 58.3 Å². The van der Waals surface area contributed by atoms with Crippen molar-refractivity contribution in [2.45, 2.75) is 26.2 Å². The van der Waals surface area contributed by atoms with E-state index in [-0.39, 0.29) is 0 Å². The van der Waals surface area contributed by atoms with Crippen molar-refractivity contribution in [1.29, 1.82) is 0 Å². The van der Waals surface area contributed by atoms with Gasteiger partial charge in [-0.05, 0) is 68.7 Å². The van der Waals surface area contributed by atoms with Crippen LogP contribution in [0.5, 0.6) is 0 Å². The van der Waals surface area contributed by atoms with Crippen molar-refractivity contribution in [2.75, 3.05) is 18.0 Å². The summed E-state index contributed by atoms with van der Waals surface area (Å²) < 4.78 is 1.95. The molecule has 0 saturated carbocycles. The smallest absolute Gasteiger partial charge is 0.0914 e. The molecule has 150 valence electrons. The zero-order chi connectivity index (χ0) is 20.3. The standard InChI is InChI=1S/C25H25N5/c1-19-20(17-27-30(19)22-8-4-2-5-9-22)10-11-21-18-26-24-13-12-23(16-25(24)28-21)29-14-6-3-7-15-29/h2,4-5,8-13,16-18H,3,6-7,14-15H2,1H3/b11-10+. The van der Waals surface area contributed by atoms with E-state index >= 15 is 0 Å². The molecule has 2 aromatic carbocycles. The highest BCUT2D eigenvalue weighted by molar-refractivity contribution is 5.80. The zero-order valence-corrected chi connectivity index (χ0v) is 17.2. The highest BCUT2D eigenvalue weighted by Gasteiger charge is 2.12. The van der Waals surface area contributed by atoms with E-state index in [9.17, 15) is 0 Å². The molecular weight excluding hydrogens is 370 g/mol. The van der Waals surface area contributed by atoms with E-state index < -0.39 is 0 Å². The summed E-state index contributed by atoms with van der Waals surface area (Å²) in [6.45, 7) is 4.34. The number of aromatic nitrogens is 4. The van der Waals surface area contributed by atoms with E-state index in [0.717, 1.165) is 46.8 Å². The van der Waals surface area contributed by atoms with Gasteiger partial charge in [-0.2, -0.15) is 5.10 Å². The Hall–Kier alpha value is -3.47. The van der Waals surface area contributed by atoms with Crippen LogP contribution in [0.15, 0.2) is 60.9 Å². The molecule has 1 aliphatic rings. The maximum Gasteiger partial charge on any atom is 0.0914 e. The first-order valence-electron chi connectivity index (χ1n) is 10.6. The third-order valence-electron chi connectivity index (χ3n) is 5.75. The van der Waals surface area contributed by atoms with Crippen molar-refractivity contribution in [2.24, 2.45) is 0 Å². The number of hydrogen-bond donors (Lipinski definition) is 0. The van der Waals surface area contributed by atoms with Crippen LogP contribution in [0.1, 0.15) is 36.2 Å². The molecule has 0 aliphatic carbocycles. The molecule has 0 N–H and O–H groups in total. The zero-order valence-electron chi connectivity index (χ0n) is 17.2. The predicted molar refractivity (Wildman–Crippen MR) is 123 cm³/mol. The second kappa shape index (κ2) is 8.11. The van der Waals surface area contributed by atoms with Crippen molar-refractivity contribution in [1.82, 2.24) is 19.7 Å². The van der Waals surface area contributed by atoms with Crippen molar-refractivity contribution < 1.29 is 0 Å². The number of hydrogen-bond acceptors (Lipinski definition) is 4. The van der Waals surface area contributed by atoms with Gasteiger partial charge in [0.25, 0.3) is 0 Å². The van der Waals surface area contributed by atoms with Gasteiger partial charge in [-0.3, -0.25) is 4.98 Å². The molecule has 5 rings (SSSR count). The molecule has 0 radical (unpaired) electrons. The first-order chi connectivity index (χ1) is 14.8. The van der Waals surface area contributed by atoms with Crippen LogP contribution in [-0.2, 0) is 0 Å². The summed E-state index contributed by atoms with van der Waals surface area (Å²) in [6, 6.07) is 16.6. The van der Waals surface area contributed by atoms with Crippen LogP contribution in [0, 0.1) is 6.92 Å². The molecule has 4 aromatic rings. The van der Waals surface area contributed by atoms with Crippen LogP contribution in [0.3, 0.4) is 0 Å². The van der Waals surface area contributed by atoms with Crippen molar-refractivity contribution >= 4 is 28.9 Å². The molecule has 0 unspecified atom stereocenters. The van der Waals surface area contributed by atoms with Crippen LogP contribution in [-0.4, -0.2) is 32.8 Å². The number of piperidine rings is 1. The van der Waals surface area contributed by atoms with Gasteiger partial charge >= 0.3 is 0 Å². The summed E-state index contributed by atoms with van der Waals surface area (Å²) in [7, 11) is 0. The fraction of sp³-hybridized carbons (Fsp3) is 0.240. The largest absolute Gasteiger partial charge is 0.371 e. The topological polar surface area (TPSA) is 46.8 Å². The second-order valence-corrected chi connectivity index (χ2v) is 7.78. The number of para-hydroxylation sites is 1. The highest BCUT2D eigenvalue weighted by atomic mass is 15.3. The second-order valence-electron chi connectivity index (χ2n) is 7.78. The molecule has 30 heavy (non-hydrogen) atoms. The van der Waals surface area contributed by atoms with E-state index in [4.69, 9.17) is 4.98 Å². The molecule has 0 spiro atoms. The summed E-state index contributed by atoms with van der Waals surface area (Å²) in [6.07, 6.45) is 11.7. The maximum absolute atomic E-state index is 4.84. The number of benzene rings is 2. The fourth-order valence-electron chi connectivity index (χ4n) is 4.03. The summed E-state index contributed by atoms with van der Waals surface area (Å²) in [5, 5.41) is 4.54. The first kappa shape index (κ1) is 18.6. The Bertz CT molecular complexity index is 1190. The Kier molecular flexibility index (Phi) is 5.01. The van der Waals surface area contributed by atoms with E-state index in [0.29, 0.717) is 0 Å². The maximum atomic E-state index is 4.84. The summed E-state index contributed by atoms with van der Waals surface area (Å²) >= 11 is 0. The SMILES string of the molecule is Cc1c(/C=C/c2cnc3ccc(N4CCCCC4)cc3n2)cnn1-c1ccccc1. The molecule has 0 bridgehead atoms. The molecule has 5 heteroatoms. The van der Waals surface area contributed by atoms with Gasteiger partial charge < -0.3 is 4.90 Å². The third-order valence-corrected chi connectivity index (χ3v) is 5.75. The van der Waals surface area contributed by atoms with Gasteiger partial charge in [0.05, 0.1) is 34.8 Å². The van der Waals surface area contributed by atoms with Gasteiger partial charge in [-0.1, -0.05) is 18.2 Å². The minimum absolute atomic E-state index is 0.852. The van der Waals surface area contributed by atoms with Gasteiger partial charge in [0.1, 0.15) is 0 Å². The summed E-state index contributed by atoms with van der Waals surface area (Å²) in [5.74, 6) is 0. The molecule has 3 heterocycles. The normalized spacial score (nSPS) is 14.6. The van der Waals surface area contributed by atoms with Crippen LogP contribution >= 0.6 is 0 Å². The van der Waals surface area contributed by atoms with Crippen molar-refractivity contribution in [3.05, 3.63) is 77.9 Å². The van der Waals surface area contributed by atoms with Crippen LogP contribution in [0.4, 0.5) is 5.69 Å². The Morgan fingerprint density at radius 3 is 2.50 bits per heavy atom. The minimum Gasteiger partial charge on any atom is -0.371 e. The average molecular weight is 396 g/mol. The highest BCUT2D eigenvalue weighted by Crippen LogP contribution is 2.24. The number of anilines is 1. The third kappa shape index (κ3) is 3.71. The van der Waals surface area contributed by atoms with E-state index in [1.54, 1.807) is 0 Å². The van der Waals surface area contributed by atoms with E-state index in [1.807, 2.05) is 41.4 Å². The van der Waals surface area contributed by atoms with Crippen LogP contribution in [0.25, 0.3) is 28.9 Å². The number of nitrogens with zero attached hydrogens (tertiary/aromatic N) is 5. The van der Waals surface area contributed by atoms with Gasteiger partial charge in [-0.25, -0.2) is 9.67 Å². The molecule has 1 fully saturated rings. The molecule has 1 saturated heterocycles. The Morgan fingerprint density at radius 2 is 1.67 bits per heavy atom. The molecule has 0 atom stereocenters. The molecule has 5 nitrogen and oxygen atoms in total. The van der Waals surface area contributed by atoms with Crippen molar-refractivity contribution in [3.63, 3.8) is 0 Å². The summed E-state index contributed by atoms with van der Waals surface area (Å²) in [5.41, 5.74) is 7.20. The average Bonchev–Trinajstić information content (AvgIpc) is 3.18. The monoisotopic (exact) mass is 395 g/mol. The minimum atomic E-state index is 0.852. The van der Waals surface area contributed by atoms with Gasteiger partial charge in [-0.15, -0.1) is 0 Å². The molecule has 1 aliphatic heterocycles. The number of fused-ring (bicyclic) bond motifs is 1. The van der Waals surface area contributed by atoms with Gasteiger partial charge in [0, 0.05) is 30.0 Å². The number of rotatable bonds is 4. The Morgan fingerprint density at radius 1 is 0.833 bits per heavy atom. The fourth-order valence-corrected chi connectivity index (χ4v) is 4.03. The molecular formula is C25H25N5. The lowest BCUT2D eigenvalue weighted by atomic mass is 10.1. The van der Waals surface area contributed by atoms with Crippen LogP contribution < -0.4 is 4.90 Å². The van der Waals surface area contributed by atoms with Gasteiger partial charge in [0.15, 0.2) is 0 Å². The molecule has 2 aromatic heterocycles. The lowest BCUT2D eigenvalue weighted by molar-refractivity contribution is 0.578. The van der Waals surface area contributed by atoms with E-state index in [1.165, 1.54) is 24.9 Å².